The van der Waals surface area contributed by atoms with Crippen molar-refractivity contribution < 1.29 is 24.9 Å². The van der Waals surface area contributed by atoms with Gasteiger partial charge in [-0.1, -0.05) is 52.7 Å². The molecule has 1 aliphatic heterocycles. The first kappa shape index (κ1) is 29.4. The second-order valence-corrected chi connectivity index (χ2v) is 10.9. The highest BCUT2D eigenvalue weighted by molar-refractivity contribution is 5.74. The molecule has 1 heterocycles. The predicted molar refractivity (Wildman–Crippen MR) is 142 cm³/mol. The summed E-state index contributed by atoms with van der Waals surface area (Å²) < 4.78 is 6.03. The highest BCUT2D eigenvalue weighted by Gasteiger charge is 2.64. The van der Waals surface area contributed by atoms with Gasteiger partial charge in [-0.15, -0.1) is 0 Å². The van der Waals surface area contributed by atoms with Crippen LogP contribution in [0.4, 0.5) is 0 Å². The summed E-state index contributed by atoms with van der Waals surface area (Å²) in [5.41, 5.74) is 3.20. The van der Waals surface area contributed by atoms with Gasteiger partial charge in [0.15, 0.2) is 6.29 Å². The summed E-state index contributed by atoms with van der Waals surface area (Å²) in [6.07, 6.45) is 14.5. The highest BCUT2D eigenvalue weighted by atomic mass is 16.6. The molecule has 196 valence electrons. The second-order valence-electron chi connectivity index (χ2n) is 10.9. The van der Waals surface area contributed by atoms with Gasteiger partial charge in [0.05, 0.1) is 17.1 Å². The number of carbonyl (C=O) groups is 1. The molecule has 3 N–H and O–H groups in total. The van der Waals surface area contributed by atoms with Crippen LogP contribution < -0.4 is 0 Å². The van der Waals surface area contributed by atoms with Gasteiger partial charge in [-0.2, -0.15) is 0 Å². The number of hydrogen-bond acceptors (Lipinski definition) is 5. The minimum Gasteiger partial charge on any atom is -0.396 e. The van der Waals surface area contributed by atoms with Gasteiger partial charge >= 0.3 is 0 Å². The number of hydrogen-bond donors (Lipinski definition) is 3. The molecule has 0 radical (unpaired) electrons. The van der Waals surface area contributed by atoms with Gasteiger partial charge in [0.1, 0.15) is 6.29 Å². The van der Waals surface area contributed by atoms with E-state index in [0.717, 1.165) is 30.3 Å². The molecule has 5 atom stereocenters. The fourth-order valence-corrected chi connectivity index (χ4v) is 5.80. The van der Waals surface area contributed by atoms with Crippen LogP contribution in [0.3, 0.4) is 0 Å². The summed E-state index contributed by atoms with van der Waals surface area (Å²) in [6, 6.07) is 0. The summed E-state index contributed by atoms with van der Waals surface area (Å²) in [4.78, 5) is 11.6. The van der Waals surface area contributed by atoms with Gasteiger partial charge in [0, 0.05) is 6.61 Å². The molecule has 1 spiro atoms. The van der Waals surface area contributed by atoms with Crippen molar-refractivity contribution in [2.24, 2.45) is 11.3 Å². The van der Waals surface area contributed by atoms with E-state index in [1.165, 1.54) is 11.1 Å². The predicted octanol–water partition coefficient (Wildman–Crippen LogP) is 5.72. The number of aldehydes is 1. The Balaban J connectivity index is 2.26. The molecule has 2 rings (SSSR count). The van der Waals surface area contributed by atoms with Crippen molar-refractivity contribution in [3.05, 3.63) is 58.2 Å². The van der Waals surface area contributed by atoms with E-state index in [9.17, 15) is 20.1 Å². The zero-order chi connectivity index (χ0) is 26.2. The summed E-state index contributed by atoms with van der Waals surface area (Å²) in [5, 5.41) is 32.3. The minimum atomic E-state index is -1.16. The molecule has 35 heavy (non-hydrogen) atoms. The largest absolute Gasteiger partial charge is 0.396 e. The van der Waals surface area contributed by atoms with E-state index in [-0.39, 0.29) is 18.6 Å². The third kappa shape index (κ3) is 7.13. The summed E-state index contributed by atoms with van der Waals surface area (Å²) >= 11 is 0. The molecule has 2 fully saturated rings. The van der Waals surface area contributed by atoms with Crippen molar-refractivity contribution in [3.63, 3.8) is 0 Å². The van der Waals surface area contributed by atoms with Crippen LogP contribution in [0.2, 0.25) is 0 Å². The van der Waals surface area contributed by atoms with E-state index in [0.29, 0.717) is 37.7 Å². The molecule has 0 bridgehead atoms. The van der Waals surface area contributed by atoms with E-state index in [1.54, 1.807) is 13.8 Å². The van der Waals surface area contributed by atoms with Crippen molar-refractivity contribution >= 4 is 6.29 Å². The first-order chi connectivity index (χ1) is 16.5. The first-order valence-corrected chi connectivity index (χ1v) is 13.0. The number of aliphatic hydroxyl groups excluding tert-OH is 2. The van der Waals surface area contributed by atoms with Gasteiger partial charge in [0.25, 0.3) is 0 Å². The van der Waals surface area contributed by atoms with Gasteiger partial charge in [-0.25, -0.2) is 0 Å². The van der Waals surface area contributed by atoms with Crippen LogP contribution in [0.5, 0.6) is 0 Å². The minimum absolute atomic E-state index is 0.0214. The average molecular weight is 487 g/mol. The highest BCUT2D eigenvalue weighted by Crippen LogP contribution is 2.60. The van der Waals surface area contributed by atoms with Crippen LogP contribution in [-0.4, -0.2) is 46.2 Å². The molecule has 1 saturated carbocycles. The van der Waals surface area contributed by atoms with Crippen LogP contribution in [0.25, 0.3) is 0 Å². The van der Waals surface area contributed by atoms with Crippen molar-refractivity contribution in [2.75, 3.05) is 6.61 Å². The van der Waals surface area contributed by atoms with Crippen LogP contribution in [0.1, 0.15) is 86.5 Å². The number of carbonyl (C=O) groups excluding carboxylic acids is 1. The quantitative estimate of drug-likeness (QED) is 0.159. The molecule has 0 amide bonds. The number of rotatable bonds is 10. The molecular formula is C30H46O5. The van der Waals surface area contributed by atoms with E-state index in [4.69, 9.17) is 4.74 Å². The number of aliphatic hydroxyl groups is 3. The van der Waals surface area contributed by atoms with E-state index < -0.39 is 17.3 Å². The summed E-state index contributed by atoms with van der Waals surface area (Å²) in [5.74, 6) is -0.237. The lowest BCUT2D eigenvalue weighted by molar-refractivity contribution is -0.219. The molecule has 2 aliphatic rings. The number of allylic oxidation sites excluding steroid dienone is 9. The number of ether oxygens (including phenoxy) is 1. The Morgan fingerprint density at radius 1 is 1.20 bits per heavy atom. The standard InChI is InChI=1S/C30H46O5/c1-21(2)10-7-11-22(3)12-8-13-23(4)18-25-19-30(28(33)35-25)27(14-9-17-31)26(24(5)20-32)15-16-29(30,6)34/h8,10,12-13,18,20,25,27-28,31,33-34H,7,9,11,14-17,19H2,1-6H3/b13-8+,22-12+,23-18+,26-24-/t25-,27-,28?,29+,30+/m1/s1. The zero-order valence-electron chi connectivity index (χ0n) is 22.5. The Hall–Kier alpha value is -1.79. The van der Waals surface area contributed by atoms with Gasteiger partial charge in [-0.3, -0.25) is 4.79 Å². The molecule has 0 aromatic rings. The molecular weight excluding hydrogens is 440 g/mol. The van der Waals surface area contributed by atoms with E-state index in [2.05, 4.69) is 32.9 Å². The molecule has 1 aliphatic carbocycles. The van der Waals surface area contributed by atoms with Crippen molar-refractivity contribution in [1.82, 2.24) is 0 Å². The lowest BCUT2D eigenvalue weighted by Crippen LogP contribution is -2.58. The van der Waals surface area contributed by atoms with Gasteiger partial charge in [-0.05, 0) is 98.0 Å². The normalized spacial score (nSPS) is 33.5. The SMILES string of the molecule is CC(C)=CCC/C(C)=C/C=C/C(C)=C/[C@@H]1C[C@@]2(C(O)O1)[C@H](CCCO)/C(=C(/C)C=O)CC[C@]2(C)O. The maximum atomic E-state index is 11.6. The topological polar surface area (TPSA) is 87.0 Å². The molecule has 5 nitrogen and oxygen atoms in total. The monoisotopic (exact) mass is 486 g/mol. The van der Waals surface area contributed by atoms with Gasteiger partial charge in [0.2, 0.25) is 0 Å². The first-order valence-electron chi connectivity index (χ1n) is 13.0. The third-order valence-electron chi connectivity index (χ3n) is 7.82. The Kier molecular flexibility index (Phi) is 10.9. The molecule has 1 saturated heterocycles. The summed E-state index contributed by atoms with van der Waals surface area (Å²) in [6.45, 7) is 12.0. The molecule has 0 aromatic carbocycles. The summed E-state index contributed by atoms with van der Waals surface area (Å²) in [7, 11) is 0. The Labute approximate surface area is 212 Å². The molecule has 0 aromatic heterocycles. The van der Waals surface area contributed by atoms with Crippen LogP contribution in [0, 0.1) is 11.3 Å². The average Bonchev–Trinajstić information content (AvgIpc) is 3.10. The van der Waals surface area contributed by atoms with E-state index >= 15 is 0 Å². The van der Waals surface area contributed by atoms with Crippen LogP contribution >= 0.6 is 0 Å². The smallest absolute Gasteiger partial charge is 0.164 e. The maximum Gasteiger partial charge on any atom is 0.164 e. The zero-order valence-corrected chi connectivity index (χ0v) is 22.5. The molecule has 5 heteroatoms. The fourth-order valence-electron chi connectivity index (χ4n) is 5.80. The third-order valence-corrected chi connectivity index (χ3v) is 7.82. The lowest BCUT2D eigenvalue weighted by atomic mass is 9.53. The maximum absolute atomic E-state index is 11.6. The molecule has 1 unspecified atom stereocenters. The second kappa shape index (κ2) is 13.0. The fraction of sp³-hybridized carbons (Fsp3) is 0.633. The van der Waals surface area contributed by atoms with Crippen molar-refractivity contribution in [3.8, 4) is 0 Å². The van der Waals surface area contributed by atoms with Gasteiger partial charge < -0.3 is 20.1 Å². The lowest BCUT2D eigenvalue weighted by Gasteiger charge is -2.53. The Morgan fingerprint density at radius 3 is 2.54 bits per heavy atom. The Morgan fingerprint density at radius 2 is 1.91 bits per heavy atom. The Bertz CT molecular complexity index is 884. The van der Waals surface area contributed by atoms with Crippen molar-refractivity contribution in [2.45, 2.75) is 104 Å². The van der Waals surface area contributed by atoms with E-state index in [1.807, 2.05) is 25.2 Å². The van der Waals surface area contributed by atoms with Crippen molar-refractivity contribution in [1.29, 1.82) is 0 Å². The van der Waals surface area contributed by atoms with Crippen LogP contribution in [-0.2, 0) is 9.53 Å². The van der Waals surface area contributed by atoms with Crippen LogP contribution in [0.15, 0.2) is 58.2 Å².